The molecule has 0 radical (unpaired) electrons. The van der Waals surface area contributed by atoms with Gasteiger partial charge in [-0.2, -0.15) is 10.1 Å². The molecule has 0 saturated carbocycles. The van der Waals surface area contributed by atoms with Gasteiger partial charge in [-0.1, -0.05) is 34.1 Å². The molecule has 2 aromatic carbocycles. The lowest BCUT2D eigenvalue weighted by Crippen LogP contribution is -2.20. The maximum Gasteiger partial charge on any atom is 0.231 e. The van der Waals surface area contributed by atoms with Crippen LogP contribution < -0.4 is 14.8 Å². The van der Waals surface area contributed by atoms with Gasteiger partial charge in [0.15, 0.2) is 11.5 Å². The summed E-state index contributed by atoms with van der Waals surface area (Å²) in [4.78, 5) is 4.33. The molecule has 1 unspecified atom stereocenters. The van der Waals surface area contributed by atoms with Gasteiger partial charge in [-0.05, 0) is 41.5 Å². The minimum absolute atomic E-state index is 0.0769. The molecule has 5 rings (SSSR count). The van der Waals surface area contributed by atoms with Crippen LogP contribution >= 0.6 is 15.9 Å². The Morgan fingerprint density at radius 2 is 1.92 bits per heavy atom. The van der Waals surface area contributed by atoms with E-state index in [9.17, 15) is 0 Å². The first-order chi connectivity index (χ1) is 12.3. The van der Waals surface area contributed by atoms with E-state index >= 15 is 0 Å². The Balaban J connectivity index is 1.60. The van der Waals surface area contributed by atoms with E-state index in [4.69, 9.17) is 9.47 Å². The first-order valence-electron chi connectivity index (χ1n) is 7.82. The molecule has 0 amide bonds. The number of fused-ring (bicyclic) bond motifs is 2. The number of aromatic nitrogens is 3. The van der Waals surface area contributed by atoms with Gasteiger partial charge >= 0.3 is 0 Å². The minimum atomic E-state index is -0.0769. The van der Waals surface area contributed by atoms with Crippen LogP contribution in [0.1, 0.15) is 17.2 Å². The molecule has 2 aliphatic rings. The lowest BCUT2D eigenvalue weighted by molar-refractivity contribution is 0.174. The van der Waals surface area contributed by atoms with E-state index < -0.39 is 0 Å². The van der Waals surface area contributed by atoms with Crippen LogP contribution in [0.25, 0.3) is 5.70 Å². The van der Waals surface area contributed by atoms with Crippen molar-refractivity contribution in [2.45, 2.75) is 6.04 Å². The number of allylic oxidation sites excluding steroid dienone is 1. The molecule has 1 atom stereocenters. The van der Waals surface area contributed by atoms with Crippen molar-refractivity contribution in [3.05, 3.63) is 70.5 Å². The van der Waals surface area contributed by atoms with Crippen molar-refractivity contribution in [3.8, 4) is 11.5 Å². The predicted octanol–water partition coefficient (Wildman–Crippen LogP) is 3.83. The molecule has 0 fully saturated rings. The molecule has 3 aromatic rings. The number of nitrogens with one attached hydrogen (secondary N) is 1. The Kier molecular flexibility index (Phi) is 3.27. The van der Waals surface area contributed by atoms with Gasteiger partial charge in [0.1, 0.15) is 12.4 Å². The van der Waals surface area contributed by atoms with Gasteiger partial charge in [0.2, 0.25) is 12.7 Å². The highest BCUT2D eigenvalue weighted by molar-refractivity contribution is 9.10. The number of hydrogen-bond donors (Lipinski definition) is 1. The van der Waals surface area contributed by atoms with Gasteiger partial charge in [0.25, 0.3) is 0 Å². The van der Waals surface area contributed by atoms with Gasteiger partial charge in [-0.15, -0.1) is 0 Å². The van der Waals surface area contributed by atoms with Crippen molar-refractivity contribution in [1.82, 2.24) is 14.8 Å². The van der Waals surface area contributed by atoms with Gasteiger partial charge in [0, 0.05) is 10.2 Å². The predicted molar refractivity (Wildman–Crippen MR) is 96.5 cm³/mol. The molecule has 0 saturated heterocycles. The zero-order chi connectivity index (χ0) is 16.8. The second kappa shape index (κ2) is 5.63. The Hall–Kier alpha value is -2.80. The van der Waals surface area contributed by atoms with Crippen LogP contribution in [0.15, 0.2) is 59.3 Å². The Morgan fingerprint density at radius 3 is 2.80 bits per heavy atom. The largest absolute Gasteiger partial charge is 0.454 e. The van der Waals surface area contributed by atoms with Gasteiger partial charge in [-0.25, -0.2) is 4.68 Å². The smallest absolute Gasteiger partial charge is 0.231 e. The van der Waals surface area contributed by atoms with Crippen LogP contribution in [0, 0.1) is 0 Å². The normalized spacial score (nSPS) is 17.6. The molecule has 6 nitrogen and oxygen atoms in total. The Bertz CT molecular complexity index is 981. The maximum absolute atomic E-state index is 5.51. The highest BCUT2D eigenvalue weighted by Gasteiger charge is 2.25. The zero-order valence-corrected chi connectivity index (χ0v) is 14.6. The number of benzene rings is 2. The first kappa shape index (κ1) is 14.5. The second-order valence-corrected chi connectivity index (χ2v) is 6.71. The third-order valence-corrected chi connectivity index (χ3v) is 4.83. The van der Waals surface area contributed by atoms with Crippen molar-refractivity contribution in [3.63, 3.8) is 0 Å². The minimum Gasteiger partial charge on any atom is -0.454 e. The van der Waals surface area contributed by atoms with Crippen LogP contribution in [0.3, 0.4) is 0 Å². The molecule has 7 heteroatoms. The summed E-state index contributed by atoms with van der Waals surface area (Å²) in [6.07, 6.45) is 3.70. The van der Waals surface area contributed by atoms with Crippen molar-refractivity contribution in [2.24, 2.45) is 0 Å². The fourth-order valence-corrected chi connectivity index (χ4v) is 3.33. The third kappa shape index (κ3) is 2.47. The summed E-state index contributed by atoms with van der Waals surface area (Å²) in [5, 5.41) is 7.71. The van der Waals surface area contributed by atoms with Gasteiger partial charge < -0.3 is 14.8 Å². The summed E-state index contributed by atoms with van der Waals surface area (Å²) in [5.74, 6) is 2.24. The van der Waals surface area contributed by atoms with Crippen molar-refractivity contribution >= 4 is 27.6 Å². The summed E-state index contributed by atoms with van der Waals surface area (Å²) < 4.78 is 13.8. The maximum atomic E-state index is 5.51. The standard InChI is InChI=1S/C18H13BrN4O2/c19-13-4-1-11(2-5-13)14-8-15(23-18(22-14)20-9-21-23)12-3-6-16-17(7-12)25-10-24-16/h1-9,15H,10H2,(H,20,21,22). The van der Waals surface area contributed by atoms with Gasteiger partial charge in [0.05, 0.1) is 0 Å². The molecule has 0 aliphatic carbocycles. The van der Waals surface area contributed by atoms with E-state index in [1.165, 1.54) is 0 Å². The van der Waals surface area contributed by atoms with Crippen LogP contribution in [0.2, 0.25) is 0 Å². The summed E-state index contributed by atoms with van der Waals surface area (Å²) in [5.41, 5.74) is 3.14. The van der Waals surface area contributed by atoms with E-state index in [-0.39, 0.29) is 12.8 Å². The third-order valence-electron chi connectivity index (χ3n) is 4.30. The topological polar surface area (TPSA) is 61.2 Å². The number of ether oxygens (including phenoxy) is 2. The number of halogens is 1. The number of rotatable bonds is 2. The van der Waals surface area contributed by atoms with Crippen LogP contribution in [-0.4, -0.2) is 21.6 Å². The van der Waals surface area contributed by atoms with E-state index in [1.807, 2.05) is 35.0 Å². The van der Waals surface area contributed by atoms with E-state index in [0.717, 1.165) is 32.8 Å². The van der Waals surface area contributed by atoms with Crippen molar-refractivity contribution < 1.29 is 9.47 Å². The summed E-state index contributed by atoms with van der Waals surface area (Å²) in [7, 11) is 0. The Morgan fingerprint density at radius 1 is 1.08 bits per heavy atom. The quantitative estimate of drug-likeness (QED) is 0.713. The average molecular weight is 397 g/mol. The molecular weight excluding hydrogens is 384 g/mol. The van der Waals surface area contributed by atoms with Crippen LogP contribution in [-0.2, 0) is 0 Å². The highest BCUT2D eigenvalue weighted by atomic mass is 79.9. The number of hydrogen-bond acceptors (Lipinski definition) is 5. The molecule has 0 spiro atoms. The SMILES string of the molecule is Brc1ccc(C2=CC(c3ccc4c(c3)OCO4)n3ncnc3N2)cc1. The summed E-state index contributed by atoms with van der Waals surface area (Å²) in [6, 6.07) is 14.1. The molecule has 3 heterocycles. The van der Waals surface area contributed by atoms with Crippen LogP contribution in [0.5, 0.6) is 11.5 Å². The number of anilines is 1. The van der Waals surface area contributed by atoms with E-state index in [1.54, 1.807) is 6.33 Å². The second-order valence-electron chi connectivity index (χ2n) is 5.80. The van der Waals surface area contributed by atoms with E-state index in [2.05, 4.69) is 49.5 Å². The Labute approximate surface area is 152 Å². The number of nitrogens with zero attached hydrogens (tertiary/aromatic N) is 3. The first-order valence-corrected chi connectivity index (χ1v) is 8.61. The summed E-state index contributed by atoms with van der Waals surface area (Å²) in [6.45, 7) is 0.263. The lowest BCUT2D eigenvalue weighted by Gasteiger charge is -2.24. The molecule has 0 bridgehead atoms. The summed E-state index contributed by atoms with van der Waals surface area (Å²) >= 11 is 3.47. The van der Waals surface area contributed by atoms with E-state index in [0.29, 0.717) is 5.95 Å². The van der Waals surface area contributed by atoms with Crippen molar-refractivity contribution in [1.29, 1.82) is 0 Å². The van der Waals surface area contributed by atoms with Crippen molar-refractivity contribution in [2.75, 3.05) is 12.1 Å². The monoisotopic (exact) mass is 396 g/mol. The molecular formula is C18H13BrN4O2. The van der Waals surface area contributed by atoms with Gasteiger partial charge in [-0.3, -0.25) is 0 Å². The molecule has 25 heavy (non-hydrogen) atoms. The van der Waals surface area contributed by atoms with Crippen LogP contribution in [0.4, 0.5) is 5.95 Å². The molecule has 2 aliphatic heterocycles. The average Bonchev–Trinajstić information content (AvgIpc) is 3.29. The molecule has 124 valence electrons. The highest BCUT2D eigenvalue weighted by Crippen LogP contribution is 2.38. The molecule has 1 N–H and O–H groups in total. The zero-order valence-electron chi connectivity index (χ0n) is 13.0. The molecule has 1 aromatic heterocycles. The lowest BCUT2D eigenvalue weighted by atomic mass is 10.0. The fourth-order valence-electron chi connectivity index (χ4n) is 3.07. The fraction of sp³-hybridized carbons (Fsp3) is 0.111.